The summed E-state index contributed by atoms with van der Waals surface area (Å²) in [6, 6.07) is 11.8. The zero-order valence-corrected chi connectivity index (χ0v) is 9.74. The first-order chi connectivity index (χ1) is 6.43. The standard InChI is InChI=1S/C11H18OSi/c1-2-3-9-12-13-10-11-7-5-4-6-8-11/h4-8H,2-3,9-10,13H2,1H3. The Balaban J connectivity index is 2.07. The van der Waals surface area contributed by atoms with Crippen LogP contribution in [0.5, 0.6) is 0 Å². The predicted octanol–water partition coefficient (Wildman–Crippen LogP) is 2.09. The molecule has 0 radical (unpaired) electrons. The van der Waals surface area contributed by atoms with Gasteiger partial charge in [0.05, 0.1) is 0 Å². The highest BCUT2D eigenvalue weighted by molar-refractivity contribution is 6.26. The van der Waals surface area contributed by atoms with E-state index in [4.69, 9.17) is 4.43 Å². The molecule has 0 saturated heterocycles. The van der Waals surface area contributed by atoms with Gasteiger partial charge in [-0.05, 0) is 18.0 Å². The number of benzene rings is 1. The molecule has 72 valence electrons. The molecule has 0 spiro atoms. The molecule has 1 aromatic carbocycles. The molecule has 0 heterocycles. The second-order valence-corrected chi connectivity index (χ2v) is 4.52. The topological polar surface area (TPSA) is 9.23 Å². The molecule has 0 unspecified atom stereocenters. The largest absolute Gasteiger partial charge is 0.424 e. The van der Waals surface area contributed by atoms with Crippen molar-refractivity contribution in [2.45, 2.75) is 25.8 Å². The van der Waals surface area contributed by atoms with Gasteiger partial charge in [0, 0.05) is 6.61 Å². The Morgan fingerprint density at radius 3 is 2.69 bits per heavy atom. The lowest BCUT2D eigenvalue weighted by Crippen LogP contribution is -2.04. The predicted molar refractivity (Wildman–Crippen MR) is 59.6 cm³/mol. The van der Waals surface area contributed by atoms with Crippen molar-refractivity contribution < 1.29 is 4.43 Å². The molecular weight excluding hydrogens is 176 g/mol. The Bertz CT molecular complexity index is 211. The second kappa shape index (κ2) is 6.86. The van der Waals surface area contributed by atoms with Crippen LogP contribution >= 0.6 is 0 Å². The molecule has 0 fully saturated rings. The van der Waals surface area contributed by atoms with Gasteiger partial charge in [-0.25, -0.2) is 0 Å². The van der Waals surface area contributed by atoms with Crippen LogP contribution in [0.25, 0.3) is 0 Å². The van der Waals surface area contributed by atoms with E-state index in [-0.39, 0.29) is 9.76 Å². The van der Waals surface area contributed by atoms with E-state index in [1.165, 1.54) is 24.4 Å². The molecule has 1 aromatic rings. The normalized spacial score (nSPS) is 11.2. The van der Waals surface area contributed by atoms with Gasteiger partial charge in [-0.3, -0.25) is 0 Å². The van der Waals surface area contributed by atoms with Gasteiger partial charge in [0.2, 0.25) is 0 Å². The molecular formula is C11H18OSi. The van der Waals surface area contributed by atoms with Crippen molar-refractivity contribution in [3.8, 4) is 0 Å². The molecule has 0 saturated carbocycles. The monoisotopic (exact) mass is 194 g/mol. The van der Waals surface area contributed by atoms with Gasteiger partial charge in [0.15, 0.2) is 9.76 Å². The van der Waals surface area contributed by atoms with Gasteiger partial charge in [-0.2, -0.15) is 0 Å². The summed E-state index contributed by atoms with van der Waals surface area (Å²) in [5, 5.41) is 0. The first-order valence-electron chi connectivity index (χ1n) is 5.05. The Morgan fingerprint density at radius 2 is 2.00 bits per heavy atom. The molecule has 13 heavy (non-hydrogen) atoms. The minimum Gasteiger partial charge on any atom is -0.424 e. The molecule has 0 aliphatic carbocycles. The molecule has 0 N–H and O–H groups in total. The van der Waals surface area contributed by atoms with Gasteiger partial charge < -0.3 is 4.43 Å². The van der Waals surface area contributed by atoms with Crippen LogP contribution < -0.4 is 0 Å². The highest BCUT2D eigenvalue weighted by atomic mass is 28.2. The van der Waals surface area contributed by atoms with Crippen molar-refractivity contribution >= 4 is 9.76 Å². The highest BCUT2D eigenvalue weighted by Crippen LogP contribution is 1.98. The summed E-state index contributed by atoms with van der Waals surface area (Å²) in [4.78, 5) is 0. The van der Waals surface area contributed by atoms with Crippen molar-refractivity contribution in [2.75, 3.05) is 6.61 Å². The SMILES string of the molecule is CCCCO[SiH2]Cc1ccccc1. The fraction of sp³-hybridized carbons (Fsp3) is 0.455. The van der Waals surface area contributed by atoms with Crippen LogP contribution in [0, 0.1) is 0 Å². The molecule has 0 aliphatic rings. The van der Waals surface area contributed by atoms with Crippen molar-refractivity contribution in [3.05, 3.63) is 35.9 Å². The van der Waals surface area contributed by atoms with E-state index in [9.17, 15) is 0 Å². The lowest BCUT2D eigenvalue weighted by molar-refractivity contribution is 0.325. The maximum Gasteiger partial charge on any atom is 0.165 e. The summed E-state index contributed by atoms with van der Waals surface area (Å²) < 4.78 is 5.62. The number of unbranched alkanes of at least 4 members (excludes halogenated alkanes) is 1. The van der Waals surface area contributed by atoms with Crippen molar-refractivity contribution in [3.63, 3.8) is 0 Å². The average Bonchev–Trinajstić information content (AvgIpc) is 2.19. The van der Waals surface area contributed by atoms with Crippen LogP contribution in [-0.2, 0) is 10.5 Å². The summed E-state index contributed by atoms with van der Waals surface area (Å²) in [7, 11) is -0.307. The van der Waals surface area contributed by atoms with Gasteiger partial charge in [0.1, 0.15) is 0 Å². The van der Waals surface area contributed by atoms with Crippen LogP contribution in [-0.4, -0.2) is 16.4 Å². The molecule has 0 amide bonds. The third-order valence-corrected chi connectivity index (χ3v) is 3.38. The number of hydrogen-bond acceptors (Lipinski definition) is 1. The van der Waals surface area contributed by atoms with E-state index in [1.54, 1.807) is 0 Å². The average molecular weight is 194 g/mol. The zero-order chi connectivity index (χ0) is 9.36. The van der Waals surface area contributed by atoms with Gasteiger partial charge >= 0.3 is 0 Å². The lowest BCUT2D eigenvalue weighted by Gasteiger charge is -2.02. The third kappa shape index (κ3) is 4.86. The van der Waals surface area contributed by atoms with Gasteiger partial charge in [-0.1, -0.05) is 43.7 Å². The summed E-state index contributed by atoms with van der Waals surface area (Å²) in [6.07, 6.45) is 2.45. The Labute approximate surface area is 83.1 Å². The summed E-state index contributed by atoms with van der Waals surface area (Å²) in [5.74, 6) is 0. The van der Waals surface area contributed by atoms with Crippen LogP contribution in [0.3, 0.4) is 0 Å². The zero-order valence-electron chi connectivity index (χ0n) is 8.33. The fourth-order valence-electron chi connectivity index (χ4n) is 1.18. The van der Waals surface area contributed by atoms with Crippen LogP contribution in [0.15, 0.2) is 30.3 Å². The molecule has 1 nitrogen and oxygen atoms in total. The fourth-order valence-corrected chi connectivity index (χ4v) is 2.30. The molecule has 0 aliphatic heterocycles. The Hall–Kier alpha value is -0.603. The minimum absolute atomic E-state index is 0.307. The Kier molecular flexibility index (Phi) is 5.53. The smallest absolute Gasteiger partial charge is 0.165 e. The number of rotatable bonds is 6. The maximum absolute atomic E-state index is 5.62. The lowest BCUT2D eigenvalue weighted by atomic mass is 10.2. The second-order valence-electron chi connectivity index (χ2n) is 3.20. The number of hydrogen-bond donors (Lipinski definition) is 0. The van der Waals surface area contributed by atoms with Crippen molar-refractivity contribution in [1.82, 2.24) is 0 Å². The van der Waals surface area contributed by atoms with E-state index < -0.39 is 0 Å². The Morgan fingerprint density at radius 1 is 1.23 bits per heavy atom. The minimum atomic E-state index is -0.307. The van der Waals surface area contributed by atoms with Crippen molar-refractivity contribution in [2.24, 2.45) is 0 Å². The van der Waals surface area contributed by atoms with E-state index in [0.717, 1.165) is 6.61 Å². The third-order valence-electron chi connectivity index (χ3n) is 2.02. The van der Waals surface area contributed by atoms with Gasteiger partial charge in [-0.15, -0.1) is 0 Å². The summed E-state index contributed by atoms with van der Waals surface area (Å²) in [5.41, 5.74) is 1.42. The van der Waals surface area contributed by atoms with E-state index >= 15 is 0 Å². The molecule has 0 aromatic heterocycles. The first-order valence-corrected chi connectivity index (χ1v) is 6.63. The molecule has 0 bridgehead atoms. The van der Waals surface area contributed by atoms with Crippen LogP contribution in [0.4, 0.5) is 0 Å². The van der Waals surface area contributed by atoms with Crippen LogP contribution in [0.1, 0.15) is 25.3 Å². The van der Waals surface area contributed by atoms with E-state index in [0.29, 0.717) is 0 Å². The van der Waals surface area contributed by atoms with Crippen molar-refractivity contribution in [1.29, 1.82) is 0 Å². The quantitative estimate of drug-likeness (QED) is 0.498. The molecule has 2 heteroatoms. The van der Waals surface area contributed by atoms with E-state index in [1.807, 2.05) is 0 Å². The molecule has 1 rings (SSSR count). The first kappa shape index (κ1) is 10.5. The van der Waals surface area contributed by atoms with Gasteiger partial charge in [0.25, 0.3) is 0 Å². The van der Waals surface area contributed by atoms with Crippen LogP contribution in [0.2, 0.25) is 0 Å². The highest BCUT2D eigenvalue weighted by Gasteiger charge is 1.92. The van der Waals surface area contributed by atoms with E-state index in [2.05, 4.69) is 37.3 Å². The summed E-state index contributed by atoms with van der Waals surface area (Å²) >= 11 is 0. The molecule has 0 atom stereocenters. The maximum atomic E-state index is 5.62. The summed E-state index contributed by atoms with van der Waals surface area (Å²) in [6.45, 7) is 3.16.